The Morgan fingerprint density at radius 3 is 1.06 bits per heavy atom. The van der Waals surface area contributed by atoms with Gasteiger partial charge in [0.1, 0.15) is 23.3 Å². The van der Waals surface area contributed by atoms with Crippen molar-refractivity contribution in [2.24, 2.45) is 0 Å². The van der Waals surface area contributed by atoms with Crippen LogP contribution in [0.5, 0.6) is 23.0 Å². The molecule has 4 aromatic rings. The molecule has 0 aliphatic heterocycles. The molecular weight excluding hydrogens is 636 g/mol. The standard InChI is InChI=1S/C40H40N2O8/c1-17(2)31-27-13-19(5)33(21(7)35(27)29(15-41)37(47-23(9)43)39(31)49-25(11)45)34-20(6)14-28-32(18(3)4)40(50-26(12)46)38(48-24(10)44)30(16-42)36(28)22(34)8/h13-14,17-18H,1-12H3. The summed E-state index contributed by atoms with van der Waals surface area (Å²) in [4.78, 5) is 49.2. The molecule has 10 heteroatoms. The molecule has 0 saturated carbocycles. The van der Waals surface area contributed by atoms with Crippen molar-refractivity contribution in [1.29, 1.82) is 10.5 Å². The van der Waals surface area contributed by atoms with Gasteiger partial charge in [0.2, 0.25) is 0 Å². The maximum absolute atomic E-state index is 12.3. The molecular formula is C40H40N2O8. The van der Waals surface area contributed by atoms with E-state index in [4.69, 9.17) is 18.9 Å². The molecule has 4 aromatic carbocycles. The first-order valence-electron chi connectivity index (χ1n) is 16.2. The summed E-state index contributed by atoms with van der Waals surface area (Å²) in [7, 11) is 0. The first kappa shape index (κ1) is 37.1. The van der Waals surface area contributed by atoms with Gasteiger partial charge in [0, 0.05) is 49.6 Å². The smallest absolute Gasteiger partial charge is 0.308 e. The summed E-state index contributed by atoms with van der Waals surface area (Å²) in [5.74, 6) is -3.25. The Morgan fingerprint density at radius 1 is 0.540 bits per heavy atom. The van der Waals surface area contributed by atoms with Crippen LogP contribution in [0.1, 0.15) is 112 Å². The molecule has 0 amide bonds. The summed E-state index contributed by atoms with van der Waals surface area (Å²) in [6, 6.07) is 8.27. The molecule has 258 valence electrons. The zero-order chi connectivity index (χ0) is 37.5. The summed E-state index contributed by atoms with van der Waals surface area (Å²) < 4.78 is 22.5. The summed E-state index contributed by atoms with van der Waals surface area (Å²) in [5.41, 5.74) is 5.91. The Kier molecular flexibility index (Phi) is 10.4. The third-order valence-corrected chi connectivity index (χ3v) is 8.60. The van der Waals surface area contributed by atoms with E-state index in [9.17, 15) is 29.7 Å². The number of rotatable bonds is 7. The second-order valence-corrected chi connectivity index (χ2v) is 13.0. The van der Waals surface area contributed by atoms with Crippen molar-refractivity contribution in [2.75, 3.05) is 0 Å². The average Bonchev–Trinajstić information content (AvgIpc) is 2.98. The Labute approximate surface area is 291 Å². The van der Waals surface area contributed by atoms with Gasteiger partial charge in [0.15, 0.2) is 23.0 Å². The molecule has 0 saturated heterocycles. The number of esters is 4. The molecule has 10 nitrogen and oxygen atoms in total. The largest absolute Gasteiger partial charge is 0.422 e. The summed E-state index contributed by atoms with van der Waals surface area (Å²) in [6.07, 6.45) is 0. The molecule has 50 heavy (non-hydrogen) atoms. The number of aryl methyl sites for hydroxylation is 4. The number of hydrogen-bond donors (Lipinski definition) is 0. The van der Waals surface area contributed by atoms with Gasteiger partial charge >= 0.3 is 23.9 Å². The number of carbonyl (C=O) groups is 4. The second kappa shape index (κ2) is 14.0. The molecule has 0 aliphatic rings. The van der Waals surface area contributed by atoms with Gasteiger partial charge in [-0.25, -0.2) is 0 Å². The summed E-state index contributed by atoms with van der Waals surface area (Å²) >= 11 is 0. The highest BCUT2D eigenvalue weighted by atomic mass is 16.6. The molecule has 0 heterocycles. The molecule has 0 atom stereocenters. The topological polar surface area (TPSA) is 153 Å². The van der Waals surface area contributed by atoms with E-state index in [1.54, 1.807) is 0 Å². The van der Waals surface area contributed by atoms with Crippen LogP contribution in [0.15, 0.2) is 12.1 Å². The minimum Gasteiger partial charge on any atom is -0.422 e. The highest BCUT2D eigenvalue weighted by Crippen LogP contribution is 2.52. The fourth-order valence-corrected chi connectivity index (χ4v) is 7.08. The van der Waals surface area contributed by atoms with Gasteiger partial charge in [-0.3, -0.25) is 19.2 Å². The lowest BCUT2D eigenvalue weighted by atomic mass is 9.80. The number of hydrogen-bond acceptors (Lipinski definition) is 10. The Morgan fingerprint density at radius 2 is 0.820 bits per heavy atom. The lowest BCUT2D eigenvalue weighted by Gasteiger charge is -2.26. The van der Waals surface area contributed by atoms with Crippen LogP contribution in [0.4, 0.5) is 0 Å². The number of ether oxygens (including phenoxy) is 4. The lowest BCUT2D eigenvalue weighted by Crippen LogP contribution is -2.13. The second-order valence-electron chi connectivity index (χ2n) is 13.0. The highest BCUT2D eigenvalue weighted by Gasteiger charge is 2.31. The van der Waals surface area contributed by atoms with Crippen LogP contribution in [0.25, 0.3) is 32.7 Å². The predicted molar refractivity (Wildman–Crippen MR) is 189 cm³/mol. The van der Waals surface area contributed by atoms with Gasteiger partial charge in [-0.2, -0.15) is 10.5 Å². The fraction of sp³-hybridized carbons (Fsp3) is 0.350. The molecule has 0 aliphatic carbocycles. The van der Waals surface area contributed by atoms with Crippen molar-refractivity contribution in [2.45, 2.75) is 94.9 Å². The van der Waals surface area contributed by atoms with E-state index in [0.29, 0.717) is 43.8 Å². The van der Waals surface area contributed by atoms with E-state index < -0.39 is 23.9 Å². The number of carbonyl (C=O) groups excluding carboxylic acids is 4. The average molecular weight is 677 g/mol. The maximum Gasteiger partial charge on any atom is 0.308 e. The monoisotopic (exact) mass is 676 g/mol. The molecule has 0 unspecified atom stereocenters. The normalized spacial score (nSPS) is 11.0. The fourth-order valence-electron chi connectivity index (χ4n) is 7.08. The Bertz CT molecular complexity index is 2090. The van der Waals surface area contributed by atoms with Crippen LogP contribution < -0.4 is 18.9 Å². The van der Waals surface area contributed by atoms with Crippen molar-refractivity contribution < 1.29 is 38.1 Å². The number of fused-ring (bicyclic) bond motifs is 2. The van der Waals surface area contributed by atoms with Crippen LogP contribution in [0.3, 0.4) is 0 Å². The Balaban J connectivity index is 2.32. The van der Waals surface area contributed by atoms with Gasteiger partial charge < -0.3 is 18.9 Å². The number of benzene rings is 4. The number of nitriles is 2. The first-order chi connectivity index (χ1) is 23.4. The zero-order valence-electron chi connectivity index (χ0n) is 30.5. The minimum absolute atomic E-state index is 0.0258. The van der Waals surface area contributed by atoms with E-state index in [-0.39, 0.29) is 46.0 Å². The van der Waals surface area contributed by atoms with Gasteiger partial charge in [-0.05, 0) is 83.7 Å². The van der Waals surface area contributed by atoms with Crippen molar-refractivity contribution in [3.63, 3.8) is 0 Å². The van der Waals surface area contributed by atoms with Gasteiger partial charge in [0.25, 0.3) is 0 Å². The maximum atomic E-state index is 12.3. The van der Waals surface area contributed by atoms with Crippen molar-refractivity contribution in [3.8, 4) is 46.3 Å². The third kappa shape index (κ3) is 6.37. The van der Waals surface area contributed by atoms with Crippen molar-refractivity contribution >= 4 is 45.4 Å². The van der Waals surface area contributed by atoms with E-state index in [1.807, 2.05) is 67.5 Å². The zero-order valence-corrected chi connectivity index (χ0v) is 30.5. The lowest BCUT2D eigenvalue weighted by molar-refractivity contribution is -0.134. The minimum atomic E-state index is -0.683. The molecule has 4 rings (SSSR count). The van der Waals surface area contributed by atoms with Gasteiger partial charge in [-0.15, -0.1) is 0 Å². The highest BCUT2D eigenvalue weighted by molar-refractivity contribution is 6.07. The van der Waals surface area contributed by atoms with Crippen LogP contribution >= 0.6 is 0 Å². The summed E-state index contributed by atoms with van der Waals surface area (Å²) in [6.45, 7) is 20.2. The molecule has 0 aromatic heterocycles. The Hall–Kier alpha value is -5.74. The van der Waals surface area contributed by atoms with E-state index in [0.717, 1.165) is 22.3 Å². The first-order valence-corrected chi connectivity index (χ1v) is 16.2. The number of nitrogens with zero attached hydrogens (tertiary/aromatic N) is 2. The molecule has 0 bridgehead atoms. The van der Waals surface area contributed by atoms with Gasteiger partial charge in [0.05, 0.1) is 0 Å². The van der Waals surface area contributed by atoms with Crippen LogP contribution in [0.2, 0.25) is 0 Å². The summed E-state index contributed by atoms with van der Waals surface area (Å²) in [5, 5.41) is 23.5. The van der Waals surface area contributed by atoms with Gasteiger partial charge in [-0.1, -0.05) is 39.8 Å². The van der Waals surface area contributed by atoms with E-state index >= 15 is 0 Å². The van der Waals surface area contributed by atoms with E-state index in [2.05, 4.69) is 12.1 Å². The molecule has 0 fully saturated rings. The van der Waals surface area contributed by atoms with Crippen LogP contribution in [-0.2, 0) is 19.2 Å². The molecule has 0 radical (unpaired) electrons. The quantitative estimate of drug-likeness (QED) is 0.137. The SMILES string of the molecule is CC(=O)Oc1c(OC(C)=O)c(C#N)c2c(C)c(-c3c(C)cc4c(C(C)C)c(OC(C)=O)c(OC(C)=O)c(C#N)c4c3C)c(C)cc2c1C(C)C. The molecule has 0 spiro atoms. The predicted octanol–water partition coefficient (Wildman–Crippen LogP) is 8.59. The third-order valence-electron chi connectivity index (χ3n) is 8.60. The van der Waals surface area contributed by atoms with E-state index in [1.165, 1.54) is 27.7 Å². The van der Waals surface area contributed by atoms with Crippen molar-refractivity contribution in [3.05, 3.63) is 56.6 Å². The molecule has 0 N–H and O–H groups in total. The van der Waals surface area contributed by atoms with Crippen LogP contribution in [-0.4, -0.2) is 23.9 Å². The van der Waals surface area contributed by atoms with Crippen LogP contribution in [0, 0.1) is 50.4 Å². The van der Waals surface area contributed by atoms with Crippen molar-refractivity contribution in [1.82, 2.24) is 0 Å².